The number of ether oxygens (including phenoxy) is 3. The average molecular weight is 304 g/mol. The van der Waals surface area contributed by atoms with E-state index in [0.29, 0.717) is 0 Å². The van der Waals surface area contributed by atoms with Gasteiger partial charge in [0.1, 0.15) is 5.75 Å². The van der Waals surface area contributed by atoms with E-state index in [-0.39, 0.29) is 6.79 Å². The van der Waals surface area contributed by atoms with Crippen LogP contribution in [-0.4, -0.2) is 13.9 Å². The molecule has 3 heteroatoms. The molecular formula is C20H16O3. The van der Waals surface area contributed by atoms with E-state index in [9.17, 15) is 0 Å². The van der Waals surface area contributed by atoms with E-state index in [1.165, 1.54) is 0 Å². The van der Waals surface area contributed by atoms with Gasteiger partial charge in [-0.05, 0) is 52.6 Å². The van der Waals surface area contributed by atoms with Gasteiger partial charge in [-0.2, -0.15) is 0 Å². The average Bonchev–Trinajstić information content (AvgIpc) is 3.09. The smallest absolute Gasteiger partial charge is 0.231 e. The molecule has 3 aromatic rings. The van der Waals surface area contributed by atoms with Gasteiger partial charge in [-0.1, -0.05) is 36.4 Å². The lowest BCUT2D eigenvalue weighted by atomic mass is 9.98. The van der Waals surface area contributed by atoms with Gasteiger partial charge in [0.15, 0.2) is 11.5 Å². The van der Waals surface area contributed by atoms with E-state index in [1.54, 1.807) is 7.11 Å². The summed E-state index contributed by atoms with van der Waals surface area (Å²) < 4.78 is 16.3. The van der Waals surface area contributed by atoms with Crippen LogP contribution in [-0.2, 0) is 0 Å². The highest BCUT2D eigenvalue weighted by molar-refractivity contribution is 5.76. The Morgan fingerprint density at radius 1 is 0.696 bits per heavy atom. The molecule has 3 aromatic carbocycles. The van der Waals surface area contributed by atoms with Crippen LogP contribution in [0.5, 0.6) is 17.2 Å². The van der Waals surface area contributed by atoms with E-state index in [0.717, 1.165) is 39.5 Å². The summed E-state index contributed by atoms with van der Waals surface area (Å²) in [4.78, 5) is 0. The summed E-state index contributed by atoms with van der Waals surface area (Å²) >= 11 is 0. The van der Waals surface area contributed by atoms with E-state index < -0.39 is 0 Å². The second kappa shape index (κ2) is 5.69. The van der Waals surface area contributed by atoms with Gasteiger partial charge < -0.3 is 14.2 Å². The molecule has 3 nitrogen and oxygen atoms in total. The third-order valence-corrected chi connectivity index (χ3v) is 3.96. The van der Waals surface area contributed by atoms with Crippen LogP contribution in [0.1, 0.15) is 0 Å². The number of hydrogen-bond acceptors (Lipinski definition) is 3. The van der Waals surface area contributed by atoms with E-state index in [1.807, 2.05) is 48.5 Å². The van der Waals surface area contributed by atoms with Crippen molar-refractivity contribution in [2.45, 2.75) is 0 Å². The molecule has 1 aliphatic rings. The molecule has 0 atom stereocenters. The highest BCUT2D eigenvalue weighted by Crippen LogP contribution is 2.38. The Hall–Kier alpha value is -2.94. The standard InChI is InChI=1S/C20H16O3/c1-21-18-10-16(14-5-3-2-4-6-14)9-17(11-18)15-7-8-19-20(12-15)23-13-22-19/h2-12H,13H2,1H3. The predicted octanol–water partition coefficient (Wildman–Crippen LogP) is 4.76. The van der Waals surface area contributed by atoms with Gasteiger partial charge >= 0.3 is 0 Å². The summed E-state index contributed by atoms with van der Waals surface area (Å²) in [5, 5.41) is 0. The number of hydrogen-bond donors (Lipinski definition) is 0. The molecule has 0 radical (unpaired) electrons. The van der Waals surface area contributed by atoms with Crippen molar-refractivity contribution in [2.24, 2.45) is 0 Å². The van der Waals surface area contributed by atoms with Gasteiger partial charge in [0.05, 0.1) is 7.11 Å². The zero-order valence-electron chi connectivity index (χ0n) is 12.8. The van der Waals surface area contributed by atoms with Crippen molar-refractivity contribution >= 4 is 0 Å². The van der Waals surface area contributed by atoms with Crippen LogP contribution in [0, 0.1) is 0 Å². The minimum Gasteiger partial charge on any atom is -0.497 e. The summed E-state index contributed by atoms with van der Waals surface area (Å²) in [7, 11) is 1.69. The van der Waals surface area contributed by atoms with Crippen LogP contribution in [0.2, 0.25) is 0 Å². The first-order chi connectivity index (χ1) is 11.3. The lowest BCUT2D eigenvalue weighted by Crippen LogP contribution is -1.92. The minimum atomic E-state index is 0.284. The molecule has 0 fully saturated rings. The zero-order chi connectivity index (χ0) is 15.6. The largest absolute Gasteiger partial charge is 0.497 e. The fraction of sp³-hybridized carbons (Fsp3) is 0.100. The second-order valence-corrected chi connectivity index (χ2v) is 5.38. The molecule has 0 N–H and O–H groups in total. The number of methoxy groups -OCH3 is 1. The molecular weight excluding hydrogens is 288 g/mol. The molecule has 4 rings (SSSR count). The van der Waals surface area contributed by atoms with Crippen molar-refractivity contribution < 1.29 is 14.2 Å². The highest BCUT2D eigenvalue weighted by atomic mass is 16.7. The fourth-order valence-corrected chi connectivity index (χ4v) is 2.76. The molecule has 1 aliphatic heterocycles. The topological polar surface area (TPSA) is 27.7 Å². The number of benzene rings is 3. The molecule has 0 saturated heterocycles. The maximum absolute atomic E-state index is 5.48. The molecule has 0 aliphatic carbocycles. The molecule has 23 heavy (non-hydrogen) atoms. The van der Waals surface area contributed by atoms with Gasteiger partial charge in [0.25, 0.3) is 0 Å². The van der Waals surface area contributed by atoms with Gasteiger partial charge in [-0.15, -0.1) is 0 Å². The van der Waals surface area contributed by atoms with Gasteiger partial charge in [0.2, 0.25) is 6.79 Å². The first kappa shape index (κ1) is 13.7. The van der Waals surface area contributed by atoms with Gasteiger partial charge in [0, 0.05) is 0 Å². The first-order valence-electron chi connectivity index (χ1n) is 7.48. The summed E-state index contributed by atoms with van der Waals surface area (Å²) in [6.45, 7) is 0.284. The van der Waals surface area contributed by atoms with Gasteiger partial charge in [-0.3, -0.25) is 0 Å². The molecule has 0 unspecified atom stereocenters. The first-order valence-corrected chi connectivity index (χ1v) is 7.48. The summed E-state index contributed by atoms with van der Waals surface area (Å²) in [6.07, 6.45) is 0. The molecule has 0 bridgehead atoms. The third kappa shape index (κ3) is 2.61. The van der Waals surface area contributed by atoms with Crippen LogP contribution in [0.4, 0.5) is 0 Å². The molecule has 0 saturated carbocycles. The summed E-state index contributed by atoms with van der Waals surface area (Å²) in [5.74, 6) is 2.41. The molecule has 0 aromatic heterocycles. The summed E-state index contributed by atoms with van der Waals surface area (Å²) in [5.41, 5.74) is 4.44. The molecule has 0 amide bonds. The SMILES string of the molecule is COc1cc(-c2ccccc2)cc(-c2ccc3c(c2)OCO3)c1. The summed E-state index contributed by atoms with van der Waals surface area (Å²) in [6, 6.07) is 22.5. The Kier molecular flexibility index (Phi) is 3.39. The maximum Gasteiger partial charge on any atom is 0.231 e. The quantitative estimate of drug-likeness (QED) is 0.698. The Morgan fingerprint density at radius 2 is 1.43 bits per heavy atom. The number of rotatable bonds is 3. The van der Waals surface area contributed by atoms with Crippen molar-refractivity contribution in [1.29, 1.82) is 0 Å². The van der Waals surface area contributed by atoms with Crippen molar-refractivity contribution in [3.05, 3.63) is 66.7 Å². The van der Waals surface area contributed by atoms with Crippen LogP contribution in [0.3, 0.4) is 0 Å². The van der Waals surface area contributed by atoms with Crippen LogP contribution < -0.4 is 14.2 Å². The Bertz CT molecular complexity index is 841. The third-order valence-electron chi connectivity index (χ3n) is 3.96. The zero-order valence-corrected chi connectivity index (χ0v) is 12.8. The van der Waals surface area contributed by atoms with E-state index in [2.05, 4.69) is 18.2 Å². The highest BCUT2D eigenvalue weighted by Gasteiger charge is 2.14. The number of fused-ring (bicyclic) bond motifs is 1. The Labute approximate surface area is 135 Å². The lowest BCUT2D eigenvalue weighted by molar-refractivity contribution is 0.174. The Balaban J connectivity index is 1.82. The van der Waals surface area contributed by atoms with Crippen molar-refractivity contribution in [3.63, 3.8) is 0 Å². The van der Waals surface area contributed by atoms with Crippen LogP contribution in [0.15, 0.2) is 66.7 Å². The van der Waals surface area contributed by atoms with Crippen molar-refractivity contribution in [3.8, 4) is 39.5 Å². The van der Waals surface area contributed by atoms with Crippen LogP contribution in [0.25, 0.3) is 22.3 Å². The molecule has 1 heterocycles. The minimum absolute atomic E-state index is 0.284. The monoisotopic (exact) mass is 304 g/mol. The second-order valence-electron chi connectivity index (χ2n) is 5.38. The van der Waals surface area contributed by atoms with Crippen molar-refractivity contribution in [1.82, 2.24) is 0 Å². The predicted molar refractivity (Wildman–Crippen MR) is 90.0 cm³/mol. The van der Waals surface area contributed by atoms with Crippen molar-refractivity contribution in [2.75, 3.05) is 13.9 Å². The normalized spacial score (nSPS) is 12.2. The Morgan fingerprint density at radius 3 is 2.22 bits per heavy atom. The van der Waals surface area contributed by atoms with E-state index >= 15 is 0 Å². The molecule has 114 valence electrons. The molecule has 0 spiro atoms. The maximum atomic E-state index is 5.48. The lowest BCUT2D eigenvalue weighted by Gasteiger charge is -2.10. The van der Waals surface area contributed by atoms with E-state index in [4.69, 9.17) is 14.2 Å². The van der Waals surface area contributed by atoms with Crippen LogP contribution >= 0.6 is 0 Å². The van der Waals surface area contributed by atoms with Gasteiger partial charge in [-0.25, -0.2) is 0 Å². The fourth-order valence-electron chi connectivity index (χ4n) is 2.76.